The lowest BCUT2D eigenvalue weighted by molar-refractivity contribution is -0.135. The Balaban J connectivity index is 2.42. The molecule has 0 atom stereocenters. The van der Waals surface area contributed by atoms with Gasteiger partial charge in [-0.05, 0) is 30.0 Å². The first-order valence-corrected chi connectivity index (χ1v) is 6.60. The number of carbonyl (C=O) groups excluding carboxylic acids is 2. The molecule has 104 valence electrons. The summed E-state index contributed by atoms with van der Waals surface area (Å²) in [6.07, 6.45) is 1.19. The first-order chi connectivity index (χ1) is 9.02. The van der Waals surface area contributed by atoms with Crippen molar-refractivity contribution in [3.63, 3.8) is 0 Å². The Bertz CT molecular complexity index is 424. The third-order valence-corrected chi connectivity index (χ3v) is 2.69. The number of carbonyl (C=O) groups is 2. The Labute approximate surface area is 114 Å². The smallest absolute Gasteiger partial charge is 0.330 e. The van der Waals surface area contributed by atoms with Crippen LogP contribution in [0.3, 0.4) is 0 Å². The topological polar surface area (TPSA) is 55.4 Å². The van der Waals surface area contributed by atoms with Crippen molar-refractivity contribution in [2.24, 2.45) is 0 Å². The van der Waals surface area contributed by atoms with E-state index in [0.29, 0.717) is 18.1 Å². The van der Waals surface area contributed by atoms with Gasteiger partial charge in [-0.1, -0.05) is 32.9 Å². The van der Waals surface area contributed by atoms with Gasteiger partial charge < -0.3 is 10.1 Å². The summed E-state index contributed by atoms with van der Waals surface area (Å²) in [6.45, 7) is 6.02. The number of hydrogen-bond donors (Lipinski definition) is 1. The summed E-state index contributed by atoms with van der Waals surface area (Å²) in [5.74, 6) is 0.355. The van der Waals surface area contributed by atoms with Gasteiger partial charge in [0.25, 0.3) is 0 Å². The van der Waals surface area contributed by atoms with E-state index in [4.69, 9.17) is 4.74 Å². The first kappa shape index (κ1) is 15.2. The minimum atomic E-state index is -0.457. The van der Waals surface area contributed by atoms with E-state index in [2.05, 4.69) is 19.2 Å². The van der Waals surface area contributed by atoms with Crippen molar-refractivity contribution in [1.82, 2.24) is 5.32 Å². The summed E-state index contributed by atoms with van der Waals surface area (Å²) < 4.78 is 5.12. The summed E-state index contributed by atoms with van der Waals surface area (Å²) in [6, 6.07) is 7.40. The van der Waals surface area contributed by atoms with Crippen LogP contribution in [0.5, 0.6) is 5.75 Å². The zero-order valence-electron chi connectivity index (χ0n) is 11.7. The fourth-order valence-corrected chi connectivity index (χ4v) is 1.57. The van der Waals surface area contributed by atoms with Crippen molar-refractivity contribution in [2.45, 2.75) is 39.5 Å². The molecule has 0 bridgehead atoms. The van der Waals surface area contributed by atoms with Gasteiger partial charge in [0.1, 0.15) is 12.3 Å². The predicted molar refractivity (Wildman–Crippen MR) is 74.1 cm³/mol. The van der Waals surface area contributed by atoms with E-state index < -0.39 is 5.97 Å². The van der Waals surface area contributed by atoms with E-state index in [1.807, 2.05) is 19.1 Å². The standard InChI is InChI=1S/C15H21NO3/c1-4-5-14(17)16-10-15(18)19-13-8-6-12(7-9-13)11(2)3/h6-9,11H,4-5,10H2,1-3H3,(H,16,17). The molecule has 4 heteroatoms. The Morgan fingerprint density at radius 2 is 1.84 bits per heavy atom. The molecular weight excluding hydrogens is 242 g/mol. The Morgan fingerprint density at radius 3 is 2.37 bits per heavy atom. The molecule has 0 aromatic heterocycles. The van der Waals surface area contributed by atoms with Crippen LogP contribution in [0.15, 0.2) is 24.3 Å². The number of esters is 1. The van der Waals surface area contributed by atoms with Crippen molar-refractivity contribution in [2.75, 3.05) is 6.54 Å². The third kappa shape index (κ3) is 5.55. The Hall–Kier alpha value is -1.84. The van der Waals surface area contributed by atoms with E-state index in [0.717, 1.165) is 6.42 Å². The molecule has 0 unspecified atom stereocenters. The fourth-order valence-electron chi connectivity index (χ4n) is 1.57. The van der Waals surface area contributed by atoms with E-state index in [1.54, 1.807) is 12.1 Å². The zero-order chi connectivity index (χ0) is 14.3. The van der Waals surface area contributed by atoms with Gasteiger partial charge in [-0.15, -0.1) is 0 Å². The quantitative estimate of drug-likeness (QED) is 0.634. The number of rotatable bonds is 6. The van der Waals surface area contributed by atoms with E-state index in [9.17, 15) is 9.59 Å². The second-order valence-electron chi connectivity index (χ2n) is 4.72. The van der Waals surface area contributed by atoms with Crippen molar-refractivity contribution in [3.8, 4) is 5.75 Å². The lowest BCUT2D eigenvalue weighted by Crippen LogP contribution is -2.31. The van der Waals surface area contributed by atoms with Crippen LogP contribution in [-0.2, 0) is 9.59 Å². The largest absolute Gasteiger partial charge is 0.425 e. The molecule has 0 spiro atoms. The molecule has 0 saturated heterocycles. The molecule has 4 nitrogen and oxygen atoms in total. The van der Waals surface area contributed by atoms with Crippen LogP contribution in [0.1, 0.15) is 45.1 Å². The van der Waals surface area contributed by atoms with Gasteiger partial charge in [-0.25, -0.2) is 4.79 Å². The van der Waals surface area contributed by atoms with Crippen LogP contribution in [0, 0.1) is 0 Å². The molecule has 0 aliphatic rings. The number of amides is 1. The van der Waals surface area contributed by atoms with Crippen LogP contribution in [-0.4, -0.2) is 18.4 Å². The Kier molecular flexibility index (Phi) is 6.06. The normalized spacial score (nSPS) is 10.3. The Morgan fingerprint density at radius 1 is 1.21 bits per heavy atom. The maximum Gasteiger partial charge on any atom is 0.330 e. The average molecular weight is 263 g/mol. The van der Waals surface area contributed by atoms with Crippen LogP contribution in [0.4, 0.5) is 0 Å². The molecule has 19 heavy (non-hydrogen) atoms. The molecule has 0 radical (unpaired) electrons. The van der Waals surface area contributed by atoms with Gasteiger partial charge in [-0.3, -0.25) is 4.79 Å². The van der Waals surface area contributed by atoms with E-state index in [-0.39, 0.29) is 12.5 Å². The monoisotopic (exact) mass is 263 g/mol. The number of benzene rings is 1. The lowest BCUT2D eigenvalue weighted by Gasteiger charge is -2.08. The summed E-state index contributed by atoms with van der Waals surface area (Å²) in [4.78, 5) is 22.7. The summed E-state index contributed by atoms with van der Waals surface area (Å²) in [5.41, 5.74) is 1.19. The molecule has 0 aliphatic heterocycles. The molecule has 1 amide bonds. The lowest BCUT2D eigenvalue weighted by atomic mass is 10.0. The third-order valence-electron chi connectivity index (χ3n) is 2.69. The van der Waals surface area contributed by atoms with Crippen molar-refractivity contribution in [3.05, 3.63) is 29.8 Å². The van der Waals surface area contributed by atoms with Crippen molar-refractivity contribution in [1.29, 1.82) is 0 Å². The molecule has 1 aromatic rings. The minimum absolute atomic E-state index is 0.0925. The summed E-state index contributed by atoms with van der Waals surface area (Å²) >= 11 is 0. The first-order valence-electron chi connectivity index (χ1n) is 6.60. The highest BCUT2D eigenvalue weighted by Crippen LogP contribution is 2.18. The maximum atomic E-state index is 11.5. The van der Waals surface area contributed by atoms with Gasteiger partial charge in [0.05, 0.1) is 0 Å². The fraction of sp³-hybridized carbons (Fsp3) is 0.467. The molecule has 1 N–H and O–H groups in total. The highest BCUT2D eigenvalue weighted by Gasteiger charge is 2.07. The zero-order valence-corrected chi connectivity index (χ0v) is 11.7. The predicted octanol–water partition coefficient (Wildman–Crippen LogP) is 2.63. The maximum absolute atomic E-state index is 11.5. The second-order valence-corrected chi connectivity index (χ2v) is 4.72. The molecule has 0 fully saturated rings. The van der Waals surface area contributed by atoms with Crippen LogP contribution >= 0.6 is 0 Å². The van der Waals surface area contributed by atoms with Gasteiger partial charge in [0.2, 0.25) is 5.91 Å². The van der Waals surface area contributed by atoms with Crippen molar-refractivity contribution < 1.29 is 14.3 Å². The molecule has 1 rings (SSSR count). The van der Waals surface area contributed by atoms with Crippen LogP contribution in [0.2, 0.25) is 0 Å². The number of hydrogen-bond acceptors (Lipinski definition) is 3. The molecule has 1 aromatic carbocycles. The molecule has 0 saturated carbocycles. The number of ether oxygens (including phenoxy) is 1. The molecular formula is C15H21NO3. The SMILES string of the molecule is CCCC(=O)NCC(=O)Oc1ccc(C(C)C)cc1. The number of nitrogens with one attached hydrogen (secondary N) is 1. The average Bonchev–Trinajstić information content (AvgIpc) is 2.37. The van der Waals surface area contributed by atoms with E-state index >= 15 is 0 Å². The van der Waals surface area contributed by atoms with Crippen molar-refractivity contribution >= 4 is 11.9 Å². The van der Waals surface area contributed by atoms with Crippen LogP contribution in [0.25, 0.3) is 0 Å². The molecule has 0 aliphatic carbocycles. The van der Waals surface area contributed by atoms with Gasteiger partial charge in [0, 0.05) is 6.42 Å². The summed E-state index contributed by atoms with van der Waals surface area (Å²) in [7, 11) is 0. The van der Waals surface area contributed by atoms with E-state index in [1.165, 1.54) is 5.56 Å². The molecule has 0 heterocycles. The summed E-state index contributed by atoms with van der Waals surface area (Å²) in [5, 5.41) is 2.52. The van der Waals surface area contributed by atoms with Crippen LogP contribution < -0.4 is 10.1 Å². The second kappa shape index (κ2) is 7.56. The van der Waals surface area contributed by atoms with Gasteiger partial charge in [-0.2, -0.15) is 0 Å². The highest BCUT2D eigenvalue weighted by molar-refractivity contribution is 5.82. The van der Waals surface area contributed by atoms with Gasteiger partial charge in [0.15, 0.2) is 0 Å². The van der Waals surface area contributed by atoms with Gasteiger partial charge >= 0.3 is 5.97 Å². The minimum Gasteiger partial charge on any atom is -0.425 e. The highest BCUT2D eigenvalue weighted by atomic mass is 16.5.